The van der Waals surface area contributed by atoms with Gasteiger partial charge in [0.1, 0.15) is 6.33 Å². The van der Waals surface area contributed by atoms with Crippen molar-refractivity contribution in [2.45, 2.75) is 23.4 Å². The Morgan fingerprint density at radius 3 is 2.80 bits per heavy atom. The molecule has 1 aliphatic rings. The van der Waals surface area contributed by atoms with Crippen LogP contribution in [0.3, 0.4) is 0 Å². The molecule has 5 nitrogen and oxygen atoms in total. The van der Waals surface area contributed by atoms with Crippen LogP contribution in [0.5, 0.6) is 0 Å². The maximum atomic E-state index is 12.3. The number of nitrogens with one attached hydrogen (secondary N) is 2. The lowest BCUT2D eigenvalue weighted by Crippen LogP contribution is -2.36. The zero-order chi connectivity index (χ0) is 13.8. The zero-order valence-corrected chi connectivity index (χ0v) is 11.8. The van der Waals surface area contributed by atoms with Crippen molar-refractivity contribution in [3.63, 3.8) is 0 Å². The molecule has 20 heavy (non-hydrogen) atoms. The van der Waals surface area contributed by atoms with Gasteiger partial charge in [-0.15, -0.1) is 0 Å². The van der Waals surface area contributed by atoms with E-state index in [2.05, 4.69) is 20.5 Å². The number of carbonyl (C=O) groups excluding carboxylic acids is 1. The van der Waals surface area contributed by atoms with Gasteiger partial charge in [0.2, 0.25) is 5.91 Å². The summed E-state index contributed by atoms with van der Waals surface area (Å²) >= 11 is 1.55. The summed E-state index contributed by atoms with van der Waals surface area (Å²) in [5.41, 5.74) is 0.846. The van der Waals surface area contributed by atoms with Crippen LogP contribution < -0.4 is 5.32 Å². The molecule has 104 valence electrons. The molecule has 1 aliphatic carbocycles. The van der Waals surface area contributed by atoms with Crippen LogP contribution in [-0.4, -0.2) is 33.4 Å². The lowest BCUT2D eigenvalue weighted by Gasteiger charge is -2.15. The zero-order valence-electron chi connectivity index (χ0n) is 11.0. The summed E-state index contributed by atoms with van der Waals surface area (Å²) in [6, 6.07) is 10.0. The summed E-state index contributed by atoms with van der Waals surface area (Å²) in [5.74, 6) is 0.924. The number of aromatic nitrogens is 3. The number of hydrogen-bond acceptors (Lipinski definition) is 4. The highest BCUT2D eigenvalue weighted by atomic mass is 32.2. The molecule has 0 saturated heterocycles. The van der Waals surface area contributed by atoms with E-state index in [-0.39, 0.29) is 11.3 Å². The average Bonchev–Trinajstić information content (AvgIpc) is 3.15. The molecule has 1 amide bonds. The Hall–Kier alpha value is -1.82. The summed E-state index contributed by atoms with van der Waals surface area (Å²) in [5, 5.41) is 10.4. The number of benzene rings is 1. The van der Waals surface area contributed by atoms with E-state index in [0.717, 1.165) is 29.3 Å². The van der Waals surface area contributed by atoms with Crippen LogP contribution in [0.2, 0.25) is 0 Å². The summed E-state index contributed by atoms with van der Waals surface area (Å²) in [4.78, 5) is 16.4. The second kappa shape index (κ2) is 5.66. The van der Waals surface area contributed by atoms with E-state index in [1.807, 2.05) is 30.3 Å². The van der Waals surface area contributed by atoms with E-state index < -0.39 is 0 Å². The number of H-pyrrole nitrogens is 1. The van der Waals surface area contributed by atoms with E-state index in [9.17, 15) is 4.79 Å². The van der Waals surface area contributed by atoms with Crippen molar-refractivity contribution in [1.82, 2.24) is 20.5 Å². The third-order valence-electron chi connectivity index (χ3n) is 3.53. The Labute approximate surface area is 121 Å². The third kappa shape index (κ3) is 2.70. The second-order valence-electron chi connectivity index (χ2n) is 4.84. The first-order valence-electron chi connectivity index (χ1n) is 6.63. The first kappa shape index (κ1) is 13.2. The summed E-state index contributed by atoms with van der Waals surface area (Å²) in [7, 11) is 0. The minimum absolute atomic E-state index is 0.141. The van der Waals surface area contributed by atoms with Crippen molar-refractivity contribution < 1.29 is 4.79 Å². The SMILES string of the molecule is O=C(NCCSc1ncn[nH]1)C1(c2ccccc2)CC1. The smallest absolute Gasteiger partial charge is 0.230 e. The monoisotopic (exact) mass is 288 g/mol. The van der Waals surface area contributed by atoms with E-state index in [1.54, 1.807) is 11.8 Å². The first-order chi connectivity index (χ1) is 9.81. The number of rotatable bonds is 6. The van der Waals surface area contributed by atoms with Gasteiger partial charge in [-0.3, -0.25) is 9.89 Å². The molecule has 1 fully saturated rings. The highest BCUT2D eigenvalue weighted by Gasteiger charge is 2.50. The maximum absolute atomic E-state index is 12.3. The van der Waals surface area contributed by atoms with E-state index in [4.69, 9.17) is 0 Å². The average molecular weight is 288 g/mol. The van der Waals surface area contributed by atoms with Crippen LogP contribution in [0.25, 0.3) is 0 Å². The Morgan fingerprint density at radius 1 is 1.35 bits per heavy atom. The molecule has 0 unspecified atom stereocenters. The second-order valence-corrected chi connectivity index (χ2v) is 5.93. The summed E-state index contributed by atoms with van der Waals surface area (Å²) in [6.45, 7) is 0.638. The molecule has 0 aliphatic heterocycles. The molecular formula is C14H16N4OS. The molecule has 1 aromatic heterocycles. The van der Waals surface area contributed by atoms with Gasteiger partial charge in [-0.05, 0) is 18.4 Å². The molecule has 1 heterocycles. The van der Waals surface area contributed by atoms with Crippen molar-refractivity contribution >= 4 is 17.7 Å². The Balaban J connectivity index is 1.50. The van der Waals surface area contributed by atoms with Crippen molar-refractivity contribution in [3.8, 4) is 0 Å². The molecule has 0 atom stereocenters. The molecule has 6 heteroatoms. The van der Waals surface area contributed by atoms with Crippen molar-refractivity contribution in [3.05, 3.63) is 42.2 Å². The van der Waals surface area contributed by atoms with Gasteiger partial charge >= 0.3 is 0 Å². The maximum Gasteiger partial charge on any atom is 0.230 e. The van der Waals surface area contributed by atoms with Crippen LogP contribution in [0.1, 0.15) is 18.4 Å². The van der Waals surface area contributed by atoms with Crippen LogP contribution >= 0.6 is 11.8 Å². The number of hydrogen-bond donors (Lipinski definition) is 2. The van der Waals surface area contributed by atoms with Gasteiger partial charge in [0, 0.05) is 12.3 Å². The fourth-order valence-corrected chi connectivity index (χ4v) is 2.91. The Morgan fingerprint density at radius 2 is 2.15 bits per heavy atom. The standard InChI is InChI=1S/C14H16N4OS/c19-12(15-8-9-20-13-16-10-17-18-13)14(6-7-14)11-4-2-1-3-5-11/h1-5,10H,6-9H2,(H,15,19)(H,16,17,18). The predicted molar refractivity (Wildman–Crippen MR) is 77.5 cm³/mol. The topological polar surface area (TPSA) is 70.7 Å². The molecule has 1 aromatic carbocycles. The molecule has 2 N–H and O–H groups in total. The molecule has 0 radical (unpaired) electrons. The number of nitrogens with zero attached hydrogens (tertiary/aromatic N) is 2. The van der Waals surface area contributed by atoms with Crippen LogP contribution in [0.15, 0.2) is 41.8 Å². The lowest BCUT2D eigenvalue weighted by atomic mass is 9.95. The minimum Gasteiger partial charge on any atom is -0.354 e. The summed E-state index contributed by atoms with van der Waals surface area (Å²) in [6.07, 6.45) is 3.37. The van der Waals surface area contributed by atoms with Crippen LogP contribution in [-0.2, 0) is 10.2 Å². The van der Waals surface area contributed by atoms with Crippen LogP contribution in [0.4, 0.5) is 0 Å². The lowest BCUT2D eigenvalue weighted by molar-refractivity contribution is -0.123. The minimum atomic E-state index is -0.280. The molecular weight excluding hydrogens is 272 g/mol. The van der Waals surface area contributed by atoms with Crippen molar-refractivity contribution in [1.29, 1.82) is 0 Å². The van der Waals surface area contributed by atoms with E-state index in [1.165, 1.54) is 6.33 Å². The normalized spacial score (nSPS) is 15.8. The summed E-state index contributed by atoms with van der Waals surface area (Å²) < 4.78 is 0. The van der Waals surface area contributed by atoms with Gasteiger partial charge in [-0.1, -0.05) is 42.1 Å². The molecule has 1 saturated carbocycles. The fourth-order valence-electron chi connectivity index (χ4n) is 2.27. The van der Waals surface area contributed by atoms with Gasteiger partial charge in [-0.2, -0.15) is 5.10 Å². The molecule has 3 rings (SSSR count). The van der Waals surface area contributed by atoms with E-state index in [0.29, 0.717) is 6.54 Å². The highest BCUT2D eigenvalue weighted by molar-refractivity contribution is 7.99. The van der Waals surface area contributed by atoms with Gasteiger partial charge < -0.3 is 5.32 Å². The van der Waals surface area contributed by atoms with Crippen LogP contribution in [0, 0.1) is 0 Å². The van der Waals surface area contributed by atoms with E-state index >= 15 is 0 Å². The highest BCUT2D eigenvalue weighted by Crippen LogP contribution is 2.48. The number of aromatic amines is 1. The molecule has 2 aromatic rings. The van der Waals surface area contributed by atoms with Crippen molar-refractivity contribution in [2.24, 2.45) is 0 Å². The van der Waals surface area contributed by atoms with Gasteiger partial charge in [0.25, 0.3) is 0 Å². The van der Waals surface area contributed by atoms with Gasteiger partial charge in [0.05, 0.1) is 5.41 Å². The fraction of sp³-hybridized carbons (Fsp3) is 0.357. The molecule has 0 bridgehead atoms. The Kier molecular flexibility index (Phi) is 3.73. The Bertz CT molecular complexity index is 566. The van der Waals surface area contributed by atoms with Crippen molar-refractivity contribution in [2.75, 3.05) is 12.3 Å². The third-order valence-corrected chi connectivity index (χ3v) is 4.41. The largest absolute Gasteiger partial charge is 0.354 e. The number of thioether (sulfide) groups is 1. The quantitative estimate of drug-likeness (QED) is 0.627. The molecule has 0 spiro atoms. The number of amides is 1. The van der Waals surface area contributed by atoms with Gasteiger partial charge in [0.15, 0.2) is 5.16 Å². The number of carbonyl (C=O) groups is 1. The first-order valence-corrected chi connectivity index (χ1v) is 7.62. The predicted octanol–water partition coefficient (Wildman–Crippen LogP) is 1.74. The van der Waals surface area contributed by atoms with Gasteiger partial charge in [-0.25, -0.2) is 4.98 Å².